The Balaban J connectivity index is 1.87. The monoisotopic (exact) mass is 404 g/mol. The van der Waals surface area contributed by atoms with Crippen LogP contribution in [0.5, 0.6) is 5.75 Å². The van der Waals surface area contributed by atoms with Crippen LogP contribution in [0.1, 0.15) is 26.7 Å². The maximum atomic E-state index is 12.4. The van der Waals surface area contributed by atoms with E-state index in [0.717, 1.165) is 0 Å². The average molecular weight is 405 g/mol. The molecular weight excluding hydrogens is 376 g/mol. The van der Waals surface area contributed by atoms with Crippen LogP contribution in [-0.4, -0.2) is 65.5 Å². The van der Waals surface area contributed by atoms with Crippen LogP contribution in [0, 0.1) is 0 Å². The zero-order chi connectivity index (χ0) is 19.4. The topological polar surface area (TPSA) is 92.8 Å². The van der Waals surface area contributed by atoms with E-state index in [0.29, 0.717) is 18.3 Å². The summed E-state index contributed by atoms with van der Waals surface area (Å²) in [6.45, 7) is 3.99. The Kier molecular flexibility index (Phi) is 7.06. The largest absolute Gasteiger partial charge is 0.493 e. The van der Waals surface area contributed by atoms with Gasteiger partial charge in [0.25, 0.3) is 0 Å². The average Bonchev–Trinajstić information content (AvgIpc) is 3.44. The van der Waals surface area contributed by atoms with Crippen LogP contribution >= 0.6 is 0 Å². The minimum atomic E-state index is -3.59. The van der Waals surface area contributed by atoms with E-state index in [1.54, 1.807) is 6.92 Å². The number of benzene rings is 1. The lowest BCUT2D eigenvalue weighted by Gasteiger charge is -2.24. The highest BCUT2D eigenvalue weighted by Crippen LogP contribution is 2.26. The van der Waals surface area contributed by atoms with Gasteiger partial charge in [0, 0.05) is 24.4 Å². The zero-order valence-electron chi connectivity index (χ0n) is 15.5. The summed E-state index contributed by atoms with van der Waals surface area (Å²) in [6, 6.07) is 6.69. The molecule has 1 aromatic rings. The van der Waals surface area contributed by atoms with Crippen molar-refractivity contribution in [2.45, 2.75) is 43.7 Å². The number of sulfonamides is 1. The van der Waals surface area contributed by atoms with Crippen LogP contribution in [0.2, 0.25) is 0 Å². The molecule has 0 radical (unpaired) electrons. The summed E-state index contributed by atoms with van der Waals surface area (Å²) >= 11 is 0. The van der Waals surface area contributed by atoms with Crippen molar-refractivity contribution in [2.24, 2.45) is 0 Å². The van der Waals surface area contributed by atoms with E-state index in [-0.39, 0.29) is 29.0 Å². The van der Waals surface area contributed by atoms with Crippen LogP contribution in [-0.2, 0) is 19.9 Å². The van der Waals surface area contributed by atoms with Crippen LogP contribution in [0.4, 0.5) is 0 Å². The predicted molar refractivity (Wildman–Crippen MR) is 102 cm³/mol. The maximum Gasteiger partial charge on any atom is 0.240 e. The third-order valence-corrected chi connectivity index (χ3v) is 7.73. The minimum absolute atomic E-state index is 0.0472. The van der Waals surface area contributed by atoms with Gasteiger partial charge >= 0.3 is 0 Å². The first-order chi connectivity index (χ1) is 12.1. The number of rotatable bonds is 11. The van der Waals surface area contributed by atoms with Crippen molar-refractivity contribution in [2.75, 3.05) is 31.7 Å². The number of nitrogens with zero attached hydrogens (tertiary/aromatic N) is 1. The number of likely N-dealkylation sites (N-methyl/N-ethyl adjacent to an activating group) is 1. The fraction of sp³-hybridized carbons (Fsp3) is 0.647. The molecule has 0 aromatic heterocycles. The fourth-order valence-corrected chi connectivity index (χ4v) is 4.19. The van der Waals surface area contributed by atoms with Gasteiger partial charge in [0.1, 0.15) is 12.4 Å². The predicted octanol–water partition coefficient (Wildman–Crippen LogP) is 1.26. The molecule has 9 heteroatoms. The van der Waals surface area contributed by atoms with Crippen LogP contribution < -0.4 is 9.46 Å². The molecule has 1 atom stereocenters. The second-order valence-electron chi connectivity index (χ2n) is 6.65. The van der Waals surface area contributed by atoms with Gasteiger partial charge in [-0.2, -0.15) is 0 Å². The molecule has 1 fully saturated rings. The van der Waals surface area contributed by atoms with Gasteiger partial charge in [0.05, 0.1) is 10.6 Å². The number of hydrogen-bond donors (Lipinski definition) is 1. The summed E-state index contributed by atoms with van der Waals surface area (Å²) in [4.78, 5) is 2.36. The summed E-state index contributed by atoms with van der Waals surface area (Å²) in [5.74, 6) is 0.461. The van der Waals surface area contributed by atoms with Gasteiger partial charge < -0.3 is 4.74 Å². The second kappa shape index (κ2) is 8.69. The minimum Gasteiger partial charge on any atom is -0.493 e. The van der Waals surface area contributed by atoms with Crippen molar-refractivity contribution in [1.82, 2.24) is 9.62 Å². The first-order valence-electron chi connectivity index (χ1n) is 8.79. The lowest BCUT2D eigenvalue weighted by molar-refractivity contribution is 0.248. The van der Waals surface area contributed by atoms with E-state index < -0.39 is 19.9 Å². The number of hydrogen-bond acceptors (Lipinski definition) is 6. The Morgan fingerprint density at radius 3 is 2.35 bits per heavy atom. The van der Waals surface area contributed by atoms with Crippen LogP contribution in [0.15, 0.2) is 29.2 Å². The Morgan fingerprint density at radius 2 is 1.81 bits per heavy atom. The molecule has 7 nitrogen and oxygen atoms in total. The van der Waals surface area contributed by atoms with Gasteiger partial charge in [-0.1, -0.05) is 6.92 Å². The van der Waals surface area contributed by atoms with Crippen molar-refractivity contribution < 1.29 is 21.6 Å². The van der Waals surface area contributed by atoms with Gasteiger partial charge in [-0.25, -0.2) is 21.6 Å². The molecule has 26 heavy (non-hydrogen) atoms. The number of sulfone groups is 1. The van der Waals surface area contributed by atoms with Crippen molar-refractivity contribution in [3.63, 3.8) is 0 Å². The van der Waals surface area contributed by atoms with Gasteiger partial charge in [-0.15, -0.1) is 0 Å². The smallest absolute Gasteiger partial charge is 0.240 e. The molecule has 0 heterocycles. The normalized spacial score (nSPS) is 16.6. The number of ether oxygens (including phenoxy) is 1. The van der Waals surface area contributed by atoms with Crippen molar-refractivity contribution in [3.05, 3.63) is 24.3 Å². The van der Waals surface area contributed by atoms with E-state index in [9.17, 15) is 16.8 Å². The molecule has 0 bridgehead atoms. The zero-order valence-corrected chi connectivity index (χ0v) is 17.1. The Labute approximate surface area is 156 Å². The van der Waals surface area contributed by atoms with E-state index in [1.165, 1.54) is 37.1 Å². The summed E-state index contributed by atoms with van der Waals surface area (Å²) in [5, 5.41) is 0. The van der Waals surface area contributed by atoms with Gasteiger partial charge in [0.2, 0.25) is 10.0 Å². The van der Waals surface area contributed by atoms with Gasteiger partial charge in [-0.05, 0) is 51.1 Å². The molecule has 1 saturated carbocycles. The maximum absolute atomic E-state index is 12.4. The van der Waals surface area contributed by atoms with E-state index >= 15 is 0 Å². The quantitative estimate of drug-likeness (QED) is 0.597. The highest BCUT2D eigenvalue weighted by atomic mass is 32.2. The molecule has 148 valence electrons. The summed E-state index contributed by atoms with van der Waals surface area (Å²) in [6.07, 6.45) is 2.35. The van der Waals surface area contributed by atoms with Crippen molar-refractivity contribution in [3.8, 4) is 5.75 Å². The highest BCUT2D eigenvalue weighted by Gasteiger charge is 2.29. The Bertz CT molecular complexity index is 787. The SMILES string of the molecule is CCS(=O)(=O)CCOc1ccc(S(=O)(=O)NCC(C)N(C)C2CC2)cc1. The fourth-order valence-electron chi connectivity index (χ4n) is 2.45. The Hall–Kier alpha value is -1.16. The lowest BCUT2D eigenvalue weighted by atomic mass is 10.3. The highest BCUT2D eigenvalue weighted by molar-refractivity contribution is 7.91. The first-order valence-corrected chi connectivity index (χ1v) is 12.1. The molecule has 1 aromatic carbocycles. The van der Waals surface area contributed by atoms with E-state index in [2.05, 4.69) is 9.62 Å². The standard InChI is InChI=1S/C17H28N2O5S2/c1-4-25(20,21)12-11-24-16-7-9-17(10-8-16)26(22,23)18-13-14(2)19(3)15-5-6-15/h7-10,14-15,18H,4-6,11-13H2,1-3H3. The Morgan fingerprint density at radius 1 is 1.19 bits per heavy atom. The van der Waals surface area contributed by atoms with Crippen LogP contribution in [0.25, 0.3) is 0 Å². The molecule has 0 spiro atoms. The van der Waals surface area contributed by atoms with E-state index in [1.807, 2.05) is 14.0 Å². The molecule has 2 rings (SSSR count). The lowest BCUT2D eigenvalue weighted by Crippen LogP contribution is -2.41. The van der Waals surface area contributed by atoms with E-state index in [4.69, 9.17) is 4.74 Å². The molecule has 0 saturated heterocycles. The third kappa shape index (κ3) is 6.22. The second-order valence-corrected chi connectivity index (χ2v) is 10.9. The van der Waals surface area contributed by atoms with Crippen molar-refractivity contribution >= 4 is 19.9 Å². The summed E-state index contributed by atoms with van der Waals surface area (Å²) in [5.41, 5.74) is 0. The molecule has 1 aliphatic rings. The molecule has 0 aliphatic heterocycles. The van der Waals surface area contributed by atoms with Gasteiger partial charge in [-0.3, -0.25) is 4.90 Å². The van der Waals surface area contributed by atoms with Crippen LogP contribution in [0.3, 0.4) is 0 Å². The first kappa shape index (κ1) is 21.1. The molecule has 1 unspecified atom stereocenters. The van der Waals surface area contributed by atoms with Crippen molar-refractivity contribution in [1.29, 1.82) is 0 Å². The molecule has 1 N–H and O–H groups in total. The van der Waals surface area contributed by atoms with Gasteiger partial charge in [0.15, 0.2) is 9.84 Å². The number of nitrogens with one attached hydrogen (secondary N) is 1. The molecule has 1 aliphatic carbocycles. The summed E-state index contributed by atoms with van der Waals surface area (Å²) < 4.78 is 55.6. The third-order valence-electron chi connectivity index (χ3n) is 4.62. The molecular formula is C17H28N2O5S2. The molecule has 0 amide bonds. The summed E-state index contributed by atoms with van der Waals surface area (Å²) in [7, 11) is -4.65.